The van der Waals surface area contributed by atoms with Gasteiger partial charge in [-0.15, -0.1) is 0 Å². The number of hydrogen-bond acceptors (Lipinski definition) is 0. The lowest BCUT2D eigenvalue weighted by Crippen LogP contribution is -1.97. The molecule has 0 N–H and O–H groups in total. The van der Waals surface area contributed by atoms with Gasteiger partial charge >= 0.3 is 0 Å². The molecule has 0 aromatic rings. The molecule has 0 aromatic carbocycles. The minimum Gasteiger partial charge on any atom is -0.0991 e. The van der Waals surface area contributed by atoms with Gasteiger partial charge in [-0.2, -0.15) is 0 Å². The van der Waals surface area contributed by atoms with Crippen molar-refractivity contribution >= 4 is 34.8 Å². The third-order valence-corrected chi connectivity index (χ3v) is 1.08. The van der Waals surface area contributed by atoms with Crippen molar-refractivity contribution in [2.45, 2.75) is 10.2 Å². The summed E-state index contributed by atoms with van der Waals surface area (Å²) in [7, 11) is 0. The summed E-state index contributed by atoms with van der Waals surface area (Å²) in [6.07, 6.45) is 5.54. The van der Waals surface area contributed by atoms with E-state index in [1.807, 2.05) is 0 Å². The second-order valence-electron chi connectivity index (χ2n) is 1.48. The van der Waals surface area contributed by atoms with Gasteiger partial charge in [0.25, 0.3) is 0 Å². The van der Waals surface area contributed by atoms with E-state index in [2.05, 4.69) is 6.58 Å². The van der Waals surface area contributed by atoms with Gasteiger partial charge in [0.05, 0.1) is 0 Å². The summed E-state index contributed by atoms with van der Waals surface area (Å²) in [6.45, 7) is 3.46. The van der Waals surface area contributed by atoms with Crippen LogP contribution in [0.5, 0.6) is 0 Å². The van der Waals surface area contributed by atoms with Gasteiger partial charge in [0, 0.05) is 6.42 Å². The van der Waals surface area contributed by atoms with Crippen LogP contribution in [0.25, 0.3) is 0 Å². The van der Waals surface area contributed by atoms with Crippen LogP contribution in [0.3, 0.4) is 0 Å². The maximum Gasteiger partial charge on any atom is 0.194 e. The van der Waals surface area contributed by atoms with Crippen LogP contribution in [0.15, 0.2) is 24.8 Å². The second kappa shape index (κ2) is 4.21. The zero-order chi connectivity index (χ0) is 7.33. The molecule has 52 valence electrons. The highest BCUT2D eigenvalue weighted by Crippen LogP contribution is 2.30. The quantitative estimate of drug-likeness (QED) is 0.456. The number of rotatable bonds is 2. The summed E-state index contributed by atoms with van der Waals surface area (Å²) in [4.78, 5) is 0. The van der Waals surface area contributed by atoms with E-state index in [9.17, 15) is 0 Å². The molecule has 0 fully saturated rings. The smallest absolute Gasteiger partial charge is 0.0991 e. The highest BCUT2D eigenvalue weighted by atomic mass is 35.6. The number of alkyl halides is 3. The van der Waals surface area contributed by atoms with Gasteiger partial charge < -0.3 is 0 Å². The second-order valence-corrected chi connectivity index (χ2v) is 4.00. The Balaban J connectivity index is 3.50. The molecule has 0 amide bonds. The molecule has 0 unspecified atom stereocenters. The first-order valence-corrected chi connectivity index (χ1v) is 3.54. The molecule has 0 aromatic heterocycles. The molecule has 3 heteroatoms. The summed E-state index contributed by atoms with van der Waals surface area (Å²) >= 11 is 16.2. The molecular weight excluding hydrogens is 178 g/mol. The van der Waals surface area contributed by atoms with Crippen molar-refractivity contribution in [1.82, 2.24) is 0 Å². The summed E-state index contributed by atoms with van der Waals surface area (Å²) in [5, 5.41) is 0. The Labute approximate surface area is 70.1 Å². The SMILES string of the molecule is C=CC=CCC(Cl)(Cl)Cl. The van der Waals surface area contributed by atoms with Gasteiger partial charge in [-0.3, -0.25) is 0 Å². The van der Waals surface area contributed by atoms with E-state index in [0.29, 0.717) is 6.42 Å². The minimum absolute atomic E-state index is 0.420. The fourth-order valence-electron chi connectivity index (χ4n) is 0.298. The van der Waals surface area contributed by atoms with Crippen molar-refractivity contribution in [2.24, 2.45) is 0 Å². The first-order chi connectivity index (χ1) is 4.06. The molecule has 0 heterocycles. The number of allylic oxidation sites excluding steroid dienone is 3. The Morgan fingerprint density at radius 1 is 1.33 bits per heavy atom. The molecule has 0 saturated heterocycles. The summed E-state index contributed by atoms with van der Waals surface area (Å²) < 4.78 is -1.17. The Morgan fingerprint density at radius 3 is 2.22 bits per heavy atom. The largest absolute Gasteiger partial charge is 0.194 e. The third kappa shape index (κ3) is 8.35. The van der Waals surface area contributed by atoms with Crippen molar-refractivity contribution in [2.75, 3.05) is 0 Å². The Morgan fingerprint density at radius 2 is 1.89 bits per heavy atom. The summed E-state index contributed by atoms with van der Waals surface area (Å²) in [6, 6.07) is 0. The van der Waals surface area contributed by atoms with E-state index < -0.39 is 3.79 Å². The van der Waals surface area contributed by atoms with Gasteiger partial charge in [0.15, 0.2) is 3.79 Å². The van der Waals surface area contributed by atoms with Crippen LogP contribution in [-0.4, -0.2) is 3.79 Å². The Kier molecular flexibility index (Phi) is 4.37. The molecule has 0 bridgehead atoms. The first-order valence-electron chi connectivity index (χ1n) is 2.40. The highest BCUT2D eigenvalue weighted by Gasteiger charge is 2.15. The van der Waals surface area contributed by atoms with Crippen LogP contribution in [0, 0.1) is 0 Å². The van der Waals surface area contributed by atoms with E-state index in [0.717, 1.165) is 0 Å². The fourth-order valence-corrected chi connectivity index (χ4v) is 0.565. The minimum atomic E-state index is -1.17. The standard InChI is InChI=1S/C6H7Cl3/c1-2-3-4-5-6(7,8)9/h2-4H,1,5H2. The van der Waals surface area contributed by atoms with Gasteiger partial charge in [-0.05, 0) is 0 Å². The molecule has 0 nitrogen and oxygen atoms in total. The number of halogens is 3. The molecule has 0 radical (unpaired) electrons. The Bertz CT molecular complexity index is 110. The normalized spacial score (nSPS) is 12.3. The van der Waals surface area contributed by atoms with Crippen molar-refractivity contribution in [3.8, 4) is 0 Å². The lowest BCUT2D eigenvalue weighted by Gasteiger charge is -2.04. The van der Waals surface area contributed by atoms with Crippen molar-refractivity contribution < 1.29 is 0 Å². The molecule has 0 spiro atoms. The van der Waals surface area contributed by atoms with E-state index in [-0.39, 0.29) is 0 Å². The van der Waals surface area contributed by atoms with Crippen LogP contribution in [0.1, 0.15) is 6.42 Å². The molecule has 0 rings (SSSR count). The van der Waals surface area contributed by atoms with Gasteiger partial charge in [-0.25, -0.2) is 0 Å². The average molecular weight is 185 g/mol. The van der Waals surface area contributed by atoms with Gasteiger partial charge in [0.1, 0.15) is 0 Å². The zero-order valence-corrected chi connectivity index (χ0v) is 7.05. The lowest BCUT2D eigenvalue weighted by molar-refractivity contribution is 1.08. The van der Waals surface area contributed by atoms with Gasteiger partial charge in [-0.1, -0.05) is 59.6 Å². The maximum absolute atomic E-state index is 5.41. The van der Waals surface area contributed by atoms with Gasteiger partial charge in [0.2, 0.25) is 0 Å². The maximum atomic E-state index is 5.41. The first kappa shape index (κ1) is 9.35. The van der Waals surface area contributed by atoms with Crippen LogP contribution >= 0.6 is 34.8 Å². The average Bonchev–Trinajstić information content (AvgIpc) is 1.63. The summed E-state index contributed by atoms with van der Waals surface area (Å²) in [5.41, 5.74) is 0. The monoisotopic (exact) mass is 184 g/mol. The predicted molar refractivity (Wildman–Crippen MR) is 44.2 cm³/mol. The molecule has 9 heavy (non-hydrogen) atoms. The fraction of sp³-hybridized carbons (Fsp3) is 0.333. The predicted octanol–water partition coefficient (Wildman–Crippen LogP) is 3.49. The van der Waals surface area contributed by atoms with Crippen LogP contribution < -0.4 is 0 Å². The molecule has 0 aliphatic rings. The van der Waals surface area contributed by atoms with E-state index in [1.165, 1.54) is 0 Å². The van der Waals surface area contributed by atoms with E-state index >= 15 is 0 Å². The molecule has 0 aliphatic heterocycles. The molecule has 0 atom stereocenters. The topological polar surface area (TPSA) is 0 Å². The van der Waals surface area contributed by atoms with Crippen LogP contribution in [-0.2, 0) is 0 Å². The van der Waals surface area contributed by atoms with E-state index in [4.69, 9.17) is 34.8 Å². The summed E-state index contributed by atoms with van der Waals surface area (Å²) in [5.74, 6) is 0. The Hall–Kier alpha value is 0.350. The molecule has 0 saturated carbocycles. The van der Waals surface area contributed by atoms with Crippen molar-refractivity contribution in [3.05, 3.63) is 24.8 Å². The van der Waals surface area contributed by atoms with Crippen molar-refractivity contribution in [3.63, 3.8) is 0 Å². The molecule has 0 aliphatic carbocycles. The zero-order valence-electron chi connectivity index (χ0n) is 4.78. The number of hydrogen-bond donors (Lipinski definition) is 0. The van der Waals surface area contributed by atoms with Crippen LogP contribution in [0.2, 0.25) is 0 Å². The third-order valence-electron chi connectivity index (χ3n) is 0.621. The highest BCUT2D eigenvalue weighted by molar-refractivity contribution is 6.67. The van der Waals surface area contributed by atoms with Crippen molar-refractivity contribution in [1.29, 1.82) is 0 Å². The molecular formula is C6H7Cl3. The van der Waals surface area contributed by atoms with Crippen LogP contribution in [0.4, 0.5) is 0 Å². The lowest BCUT2D eigenvalue weighted by atomic mass is 10.4. The van der Waals surface area contributed by atoms with E-state index in [1.54, 1.807) is 18.2 Å².